The molecule has 4 heteroatoms. The summed E-state index contributed by atoms with van der Waals surface area (Å²) in [6, 6.07) is 54.1. The van der Waals surface area contributed by atoms with Gasteiger partial charge >= 0.3 is 0 Å². The maximum atomic E-state index is 10.8. The molecule has 0 amide bonds. The van der Waals surface area contributed by atoms with Gasteiger partial charge in [-0.15, -0.1) is 4.91 Å². The third kappa shape index (κ3) is 5.63. The predicted molar refractivity (Wildman–Crippen MR) is 172 cm³/mol. The molecule has 6 aromatic rings. The molecule has 0 atom stereocenters. The third-order valence-corrected chi connectivity index (χ3v) is 7.30. The van der Waals surface area contributed by atoms with Crippen molar-refractivity contribution in [2.45, 2.75) is 0 Å². The van der Waals surface area contributed by atoms with Crippen LogP contribution in [-0.2, 0) is 0 Å². The van der Waals surface area contributed by atoms with Gasteiger partial charge in [0.05, 0.1) is 0 Å². The average Bonchev–Trinajstić information content (AvgIpc) is 3.06. The molecule has 0 fully saturated rings. The number of nitrogens with zero attached hydrogens (tertiary/aromatic N) is 3. The van der Waals surface area contributed by atoms with Gasteiger partial charge in [0, 0.05) is 35.5 Å². The van der Waals surface area contributed by atoms with Crippen LogP contribution in [0.2, 0.25) is 0 Å². The maximum absolute atomic E-state index is 10.8. The van der Waals surface area contributed by atoms with E-state index in [0.717, 1.165) is 28.4 Å². The molecule has 0 unspecified atom stereocenters. The molecule has 0 aromatic heterocycles. The van der Waals surface area contributed by atoms with Crippen LogP contribution in [0.25, 0.3) is 22.3 Å². The predicted octanol–water partition coefficient (Wildman–Crippen LogP) is 10.7. The van der Waals surface area contributed by atoms with Crippen LogP contribution in [0.1, 0.15) is 0 Å². The van der Waals surface area contributed by atoms with Crippen molar-refractivity contribution < 1.29 is 0 Å². The summed E-state index contributed by atoms with van der Waals surface area (Å²) in [6.45, 7) is 0. The molecule has 6 rings (SSSR count). The summed E-state index contributed by atoms with van der Waals surface area (Å²) in [5.74, 6) is 0. The van der Waals surface area contributed by atoms with Crippen molar-refractivity contribution in [2.24, 2.45) is 5.18 Å². The summed E-state index contributed by atoms with van der Waals surface area (Å²) < 4.78 is 0. The fourth-order valence-corrected chi connectivity index (χ4v) is 5.03. The second-order valence-corrected chi connectivity index (χ2v) is 9.84. The summed E-state index contributed by atoms with van der Waals surface area (Å²) in [4.78, 5) is 15.2. The van der Waals surface area contributed by atoms with E-state index in [2.05, 4.69) is 136 Å². The van der Waals surface area contributed by atoms with Crippen LogP contribution in [0, 0.1) is 4.91 Å². The lowest BCUT2D eigenvalue weighted by molar-refractivity contribution is 1.20. The molecule has 0 aliphatic rings. The molecule has 0 aliphatic heterocycles. The summed E-state index contributed by atoms with van der Waals surface area (Å²) in [5, 5.41) is 3.00. The van der Waals surface area contributed by atoms with Gasteiger partial charge in [-0.3, -0.25) is 0 Å². The van der Waals surface area contributed by atoms with Crippen LogP contribution < -0.4 is 9.80 Å². The first-order chi connectivity index (χ1) is 20.2. The zero-order valence-corrected chi connectivity index (χ0v) is 22.8. The van der Waals surface area contributed by atoms with Crippen molar-refractivity contribution >= 4 is 34.1 Å². The number of anilines is 5. The standard InChI is InChI=1S/C37H29N3O/c1-39(33-22-16-32(38-41)17-23-33)34-24-26-37(27-25-34)40(35-18-12-30(13-19-35)28-8-4-2-5-9-28)36-20-14-31(15-21-36)29-10-6-3-7-11-29/h2-27H,1H3. The largest absolute Gasteiger partial charge is 0.345 e. The van der Waals surface area contributed by atoms with E-state index < -0.39 is 0 Å². The van der Waals surface area contributed by atoms with E-state index >= 15 is 0 Å². The van der Waals surface area contributed by atoms with Crippen molar-refractivity contribution in [2.75, 3.05) is 16.8 Å². The molecule has 0 heterocycles. The second kappa shape index (κ2) is 11.7. The molecule has 6 aromatic carbocycles. The van der Waals surface area contributed by atoms with E-state index in [9.17, 15) is 4.91 Å². The molecular formula is C37H29N3O. The Kier molecular flexibility index (Phi) is 7.37. The molecule has 0 spiro atoms. The van der Waals surface area contributed by atoms with E-state index in [1.54, 1.807) is 12.1 Å². The van der Waals surface area contributed by atoms with Gasteiger partial charge in [0.15, 0.2) is 0 Å². The van der Waals surface area contributed by atoms with Crippen LogP contribution in [0.3, 0.4) is 0 Å². The Morgan fingerprint density at radius 1 is 0.390 bits per heavy atom. The molecule has 4 nitrogen and oxygen atoms in total. The van der Waals surface area contributed by atoms with Crippen LogP contribution in [0.4, 0.5) is 34.1 Å². The highest BCUT2D eigenvalue weighted by molar-refractivity contribution is 5.81. The first-order valence-corrected chi connectivity index (χ1v) is 13.6. The first kappa shape index (κ1) is 25.8. The monoisotopic (exact) mass is 531 g/mol. The Bertz CT molecular complexity index is 1630. The lowest BCUT2D eigenvalue weighted by Crippen LogP contribution is -2.12. The first-order valence-electron chi connectivity index (χ1n) is 13.6. The molecule has 0 saturated heterocycles. The van der Waals surface area contributed by atoms with Crippen LogP contribution in [0.15, 0.2) is 163 Å². The number of benzene rings is 6. The van der Waals surface area contributed by atoms with Gasteiger partial charge in [-0.2, -0.15) is 0 Å². The molecule has 0 radical (unpaired) electrons. The van der Waals surface area contributed by atoms with Crippen molar-refractivity contribution in [3.63, 3.8) is 0 Å². The molecule has 41 heavy (non-hydrogen) atoms. The highest BCUT2D eigenvalue weighted by Crippen LogP contribution is 2.38. The van der Waals surface area contributed by atoms with Gasteiger partial charge < -0.3 is 9.80 Å². The topological polar surface area (TPSA) is 35.9 Å². The fourth-order valence-electron chi connectivity index (χ4n) is 5.03. The van der Waals surface area contributed by atoms with Gasteiger partial charge in [-0.05, 0) is 100 Å². The minimum absolute atomic E-state index is 0.421. The van der Waals surface area contributed by atoms with Gasteiger partial charge in [0.1, 0.15) is 5.69 Å². The van der Waals surface area contributed by atoms with Crippen molar-refractivity contribution in [1.29, 1.82) is 0 Å². The van der Waals surface area contributed by atoms with Crippen molar-refractivity contribution in [3.05, 3.63) is 163 Å². The maximum Gasteiger partial charge on any atom is 0.108 e. The summed E-state index contributed by atoms with van der Waals surface area (Å²) >= 11 is 0. The molecule has 0 bridgehead atoms. The quantitative estimate of drug-likeness (QED) is 0.183. The highest BCUT2D eigenvalue weighted by atomic mass is 16.3. The Morgan fingerprint density at radius 3 is 1.10 bits per heavy atom. The summed E-state index contributed by atoms with van der Waals surface area (Å²) in [7, 11) is 2.01. The molecule has 0 aliphatic carbocycles. The number of hydrogen-bond acceptors (Lipinski definition) is 4. The lowest BCUT2D eigenvalue weighted by atomic mass is 10.0. The Labute approximate surface area is 240 Å². The number of hydrogen-bond donors (Lipinski definition) is 0. The smallest absolute Gasteiger partial charge is 0.108 e. The van der Waals surface area contributed by atoms with Crippen LogP contribution in [-0.4, -0.2) is 7.05 Å². The molecule has 198 valence electrons. The van der Waals surface area contributed by atoms with Crippen molar-refractivity contribution in [3.8, 4) is 22.3 Å². The van der Waals surface area contributed by atoms with Crippen molar-refractivity contribution in [1.82, 2.24) is 0 Å². The van der Waals surface area contributed by atoms with E-state index in [0.29, 0.717) is 5.69 Å². The summed E-state index contributed by atoms with van der Waals surface area (Å²) in [5.41, 5.74) is 10.4. The van der Waals surface area contributed by atoms with Crippen LogP contribution in [0.5, 0.6) is 0 Å². The van der Waals surface area contributed by atoms with Crippen LogP contribution >= 0.6 is 0 Å². The Hall–Kier alpha value is -5.48. The van der Waals surface area contributed by atoms with Gasteiger partial charge in [-0.25, -0.2) is 0 Å². The minimum Gasteiger partial charge on any atom is -0.345 e. The normalized spacial score (nSPS) is 10.7. The van der Waals surface area contributed by atoms with Gasteiger partial charge in [0.25, 0.3) is 0 Å². The SMILES string of the molecule is CN(c1ccc(N=O)cc1)c1ccc(N(c2ccc(-c3ccccc3)cc2)c2ccc(-c3ccccc3)cc2)cc1. The Balaban J connectivity index is 1.35. The second-order valence-electron chi connectivity index (χ2n) is 9.84. The number of nitroso groups, excluding NO2 is 1. The van der Waals surface area contributed by atoms with E-state index in [1.807, 2.05) is 31.3 Å². The van der Waals surface area contributed by atoms with E-state index in [4.69, 9.17) is 0 Å². The third-order valence-electron chi connectivity index (χ3n) is 7.30. The minimum atomic E-state index is 0.421. The van der Waals surface area contributed by atoms with E-state index in [1.165, 1.54) is 22.3 Å². The van der Waals surface area contributed by atoms with E-state index in [-0.39, 0.29) is 0 Å². The van der Waals surface area contributed by atoms with Gasteiger partial charge in [0.2, 0.25) is 0 Å². The zero-order chi connectivity index (χ0) is 28.0. The van der Waals surface area contributed by atoms with Gasteiger partial charge in [-0.1, -0.05) is 84.9 Å². The molecule has 0 saturated carbocycles. The fraction of sp³-hybridized carbons (Fsp3) is 0.0270. The number of rotatable bonds is 8. The molecule has 0 N–H and O–H groups in total. The highest BCUT2D eigenvalue weighted by Gasteiger charge is 2.14. The average molecular weight is 532 g/mol. The zero-order valence-electron chi connectivity index (χ0n) is 22.8. The molecular weight excluding hydrogens is 502 g/mol. The lowest BCUT2D eigenvalue weighted by Gasteiger charge is -2.27. The summed E-state index contributed by atoms with van der Waals surface area (Å²) in [6.07, 6.45) is 0. The Morgan fingerprint density at radius 2 is 0.707 bits per heavy atom.